The lowest BCUT2D eigenvalue weighted by Crippen LogP contribution is -2.37. The summed E-state index contributed by atoms with van der Waals surface area (Å²) in [5, 5.41) is 0. The molecule has 0 saturated carbocycles. The van der Waals surface area contributed by atoms with Crippen molar-refractivity contribution in [2.24, 2.45) is 5.73 Å². The fourth-order valence-electron chi connectivity index (χ4n) is 3.78. The van der Waals surface area contributed by atoms with Crippen molar-refractivity contribution >= 4 is 17.7 Å². The van der Waals surface area contributed by atoms with Gasteiger partial charge in [-0.05, 0) is 18.2 Å². The second-order valence-corrected chi connectivity index (χ2v) is 7.24. The van der Waals surface area contributed by atoms with Crippen LogP contribution >= 0.6 is 0 Å². The van der Waals surface area contributed by atoms with Crippen molar-refractivity contribution in [3.05, 3.63) is 59.5 Å². The Labute approximate surface area is 173 Å². The number of benzene rings is 1. The molecule has 0 aliphatic carbocycles. The molecule has 1 aromatic carbocycles. The average Bonchev–Trinajstić information content (AvgIpc) is 3.24. The maximum atomic E-state index is 11.4. The number of nitrogens with zero attached hydrogens (tertiary/aromatic N) is 6. The molecule has 2 aromatic heterocycles. The molecule has 0 radical (unpaired) electrons. The average molecular weight is 403 g/mol. The monoisotopic (exact) mass is 403 g/mol. The Morgan fingerprint density at radius 1 is 0.967 bits per heavy atom. The van der Waals surface area contributed by atoms with Gasteiger partial charge in [0.05, 0.1) is 32.0 Å². The lowest BCUT2D eigenvalue weighted by molar-refractivity contribution is 0.100. The van der Waals surface area contributed by atoms with Crippen molar-refractivity contribution in [3.63, 3.8) is 0 Å². The van der Waals surface area contributed by atoms with Gasteiger partial charge in [-0.1, -0.05) is 12.1 Å². The molecule has 0 spiro atoms. The molecule has 0 unspecified atom stereocenters. The second kappa shape index (κ2) is 7.68. The molecule has 9 heteroatoms. The number of morpholine rings is 1. The summed E-state index contributed by atoms with van der Waals surface area (Å²) in [4.78, 5) is 34.3. The number of hydrogen-bond acceptors (Lipinski definition) is 8. The lowest BCUT2D eigenvalue weighted by atomic mass is 10.1. The van der Waals surface area contributed by atoms with Gasteiger partial charge in [-0.15, -0.1) is 0 Å². The zero-order chi connectivity index (χ0) is 20.5. The van der Waals surface area contributed by atoms with Crippen molar-refractivity contribution in [2.45, 2.75) is 13.1 Å². The Bertz CT molecular complexity index is 1070. The Hall–Kier alpha value is -3.59. The van der Waals surface area contributed by atoms with E-state index in [9.17, 15) is 4.79 Å². The van der Waals surface area contributed by atoms with Crippen LogP contribution in [0.15, 0.2) is 42.7 Å². The van der Waals surface area contributed by atoms with Crippen molar-refractivity contribution < 1.29 is 9.53 Å². The minimum Gasteiger partial charge on any atom is -0.378 e. The highest BCUT2D eigenvalue weighted by Gasteiger charge is 2.29. The van der Waals surface area contributed by atoms with Gasteiger partial charge in [0, 0.05) is 42.2 Å². The molecule has 30 heavy (non-hydrogen) atoms. The van der Waals surface area contributed by atoms with E-state index < -0.39 is 5.91 Å². The van der Waals surface area contributed by atoms with Crippen LogP contribution in [0, 0.1) is 0 Å². The molecule has 3 aromatic rings. The van der Waals surface area contributed by atoms with Crippen LogP contribution in [-0.2, 0) is 17.8 Å². The van der Waals surface area contributed by atoms with Gasteiger partial charge in [0.1, 0.15) is 5.82 Å². The second-order valence-electron chi connectivity index (χ2n) is 7.24. The zero-order valence-corrected chi connectivity index (χ0v) is 16.4. The van der Waals surface area contributed by atoms with Gasteiger partial charge in [0.2, 0.25) is 11.9 Å². The summed E-state index contributed by atoms with van der Waals surface area (Å²) in [6, 6.07) is 8.87. The molecule has 0 bridgehead atoms. The Balaban J connectivity index is 1.55. The van der Waals surface area contributed by atoms with E-state index >= 15 is 0 Å². The Morgan fingerprint density at radius 2 is 1.70 bits per heavy atom. The molecule has 2 aliphatic rings. The Morgan fingerprint density at radius 3 is 2.40 bits per heavy atom. The molecule has 0 atom stereocenters. The Kier molecular flexibility index (Phi) is 4.72. The molecule has 2 N–H and O–H groups in total. The van der Waals surface area contributed by atoms with Crippen LogP contribution in [0.25, 0.3) is 11.4 Å². The number of carbonyl (C=O) groups excluding carboxylic acids is 1. The number of carbonyl (C=O) groups is 1. The highest BCUT2D eigenvalue weighted by molar-refractivity contribution is 5.93. The SMILES string of the molecule is NC(=O)c1ccc(-c2nc3c(c(N4CCOCC4)n2)CN(c2ncccn2)C3)cc1. The summed E-state index contributed by atoms with van der Waals surface area (Å²) < 4.78 is 5.52. The third-order valence-corrected chi connectivity index (χ3v) is 5.33. The van der Waals surface area contributed by atoms with Gasteiger partial charge in [0.25, 0.3) is 0 Å². The zero-order valence-electron chi connectivity index (χ0n) is 16.4. The number of amides is 1. The summed E-state index contributed by atoms with van der Waals surface area (Å²) in [6.07, 6.45) is 3.48. The molecule has 1 fully saturated rings. The maximum absolute atomic E-state index is 11.4. The maximum Gasteiger partial charge on any atom is 0.248 e. The fourth-order valence-corrected chi connectivity index (χ4v) is 3.78. The summed E-state index contributed by atoms with van der Waals surface area (Å²) >= 11 is 0. The molecular weight excluding hydrogens is 382 g/mol. The molecule has 152 valence electrons. The number of ether oxygens (including phenoxy) is 1. The fraction of sp³-hybridized carbons (Fsp3) is 0.286. The van der Waals surface area contributed by atoms with Crippen LogP contribution in [-0.4, -0.2) is 52.1 Å². The smallest absolute Gasteiger partial charge is 0.248 e. The van der Waals surface area contributed by atoms with Crippen LogP contribution in [0.1, 0.15) is 21.6 Å². The van der Waals surface area contributed by atoms with Crippen molar-refractivity contribution in [3.8, 4) is 11.4 Å². The van der Waals surface area contributed by atoms with Crippen LogP contribution in [0.2, 0.25) is 0 Å². The van der Waals surface area contributed by atoms with E-state index in [1.165, 1.54) is 0 Å². The first-order valence-electron chi connectivity index (χ1n) is 9.84. The molecule has 1 saturated heterocycles. The normalized spacial score (nSPS) is 15.9. The van der Waals surface area contributed by atoms with E-state index in [0.717, 1.165) is 35.7 Å². The van der Waals surface area contributed by atoms with E-state index in [2.05, 4.69) is 19.8 Å². The predicted molar refractivity (Wildman–Crippen MR) is 111 cm³/mol. The number of rotatable bonds is 4. The topological polar surface area (TPSA) is 110 Å². The van der Waals surface area contributed by atoms with Gasteiger partial charge in [-0.2, -0.15) is 0 Å². The van der Waals surface area contributed by atoms with Crippen LogP contribution < -0.4 is 15.5 Å². The van der Waals surface area contributed by atoms with E-state index in [0.29, 0.717) is 43.6 Å². The third-order valence-electron chi connectivity index (χ3n) is 5.33. The largest absolute Gasteiger partial charge is 0.378 e. The van der Waals surface area contributed by atoms with Gasteiger partial charge in [-0.25, -0.2) is 19.9 Å². The van der Waals surface area contributed by atoms with Crippen LogP contribution in [0.5, 0.6) is 0 Å². The van der Waals surface area contributed by atoms with Crippen molar-refractivity contribution in [2.75, 3.05) is 36.1 Å². The highest BCUT2D eigenvalue weighted by atomic mass is 16.5. The lowest BCUT2D eigenvalue weighted by Gasteiger charge is -2.29. The molecule has 9 nitrogen and oxygen atoms in total. The molecule has 4 heterocycles. The summed E-state index contributed by atoms with van der Waals surface area (Å²) in [5.74, 6) is 1.78. The third kappa shape index (κ3) is 3.43. The first kappa shape index (κ1) is 18.4. The number of hydrogen-bond donors (Lipinski definition) is 1. The van der Waals surface area contributed by atoms with Crippen LogP contribution in [0.3, 0.4) is 0 Å². The van der Waals surface area contributed by atoms with Gasteiger partial charge in [-0.3, -0.25) is 4.79 Å². The number of primary amides is 1. The highest BCUT2D eigenvalue weighted by Crippen LogP contribution is 2.33. The van der Waals surface area contributed by atoms with Crippen molar-refractivity contribution in [1.29, 1.82) is 0 Å². The van der Waals surface area contributed by atoms with Gasteiger partial charge >= 0.3 is 0 Å². The van der Waals surface area contributed by atoms with E-state index in [1.807, 2.05) is 12.1 Å². The first-order valence-corrected chi connectivity index (χ1v) is 9.84. The molecule has 5 rings (SSSR count). The number of aromatic nitrogens is 4. The standard InChI is InChI=1S/C21H21N7O2/c22-18(29)14-2-4-15(5-3-14)19-25-17-13-28(21-23-6-1-7-24-21)12-16(17)20(26-19)27-8-10-30-11-9-27/h1-7H,8-13H2,(H2,22,29). The van der Waals surface area contributed by atoms with Gasteiger partial charge in [0.15, 0.2) is 5.82 Å². The number of nitrogens with two attached hydrogens (primary N) is 1. The minimum absolute atomic E-state index is 0.455. The summed E-state index contributed by atoms with van der Waals surface area (Å²) in [6.45, 7) is 4.19. The van der Waals surface area contributed by atoms with Gasteiger partial charge < -0.3 is 20.3 Å². The van der Waals surface area contributed by atoms with Crippen molar-refractivity contribution in [1.82, 2.24) is 19.9 Å². The molecule has 1 amide bonds. The van der Waals surface area contributed by atoms with E-state index in [-0.39, 0.29) is 0 Å². The first-order chi connectivity index (χ1) is 14.7. The van der Waals surface area contributed by atoms with E-state index in [4.69, 9.17) is 20.4 Å². The minimum atomic E-state index is -0.455. The number of anilines is 2. The van der Waals surface area contributed by atoms with E-state index in [1.54, 1.807) is 30.6 Å². The number of fused-ring (bicyclic) bond motifs is 1. The summed E-state index contributed by atoms with van der Waals surface area (Å²) in [7, 11) is 0. The summed E-state index contributed by atoms with van der Waals surface area (Å²) in [5.41, 5.74) is 8.73. The molecule has 2 aliphatic heterocycles. The predicted octanol–water partition coefficient (Wildman–Crippen LogP) is 1.39. The van der Waals surface area contributed by atoms with Crippen LogP contribution in [0.4, 0.5) is 11.8 Å². The quantitative estimate of drug-likeness (QED) is 0.696. The molecular formula is C21H21N7O2.